The number of benzene rings is 4. The Bertz CT molecular complexity index is 2790. The van der Waals surface area contributed by atoms with E-state index in [9.17, 15) is 54.3 Å². The Hall–Kier alpha value is -7.06. The molecule has 0 atom stereocenters. The molecule has 0 bridgehead atoms. The maximum absolute atomic E-state index is 13.8. The lowest BCUT2D eigenvalue weighted by atomic mass is 9.86. The molecule has 2 fully saturated rings. The van der Waals surface area contributed by atoms with Gasteiger partial charge in [-0.05, 0) is 126 Å². The van der Waals surface area contributed by atoms with Crippen LogP contribution < -0.4 is 11.1 Å². The highest BCUT2D eigenvalue weighted by Gasteiger charge is 2.34. The van der Waals surface area contributed by atoms with Gasteiger partial charge >= 0.3 is 30.3 Å². The lowest BCUT2D eigenvalue weighted by Crippen LogP contribution is -2.26. The number of anilines is 2. The summed E-state index contributed by atoms with van der Waals surface area (Å²) in [4.78, 5) is 55.6. The van der Waals surface area contributed by atoms with Crippen LogP contribution in [0.5, 0.6) is 0 Å². The van der Waals surface area contributed by atoms with Crippen molar-refractivity contribution in [3.8, 4) is 0 Å². The van der Waals surface area contributed by atoms with Crippen LogP contribution in [0.15, 0.2) is 84.9 Å². The molecule has 8 rings (SSSR count). The number of fused-ring (bicyclic) bond motifs is 2. The molecule has 69 heavy (non-hydrogen) atoms. The van der Waals surface area contributed by atoms with Crippen molar-refractivity contribution in [3.63, 3.8) is 0 Å². The number of nitrogens with one attached hydrogen (secondary N) is 1. The number of aromatic carboxylic acids is 1. The minimum absolute atomic E-state index is 0.0235. The first-order chi connectivity index (χ1) is 32.7. The first-order valence-corrected chi connectivity index (χ1v) is 22.0. The van der Waals surface area contributed by atoms with Crippen molar-refractivity contribution in [2.24, 2.45) is 11.8 Å². The van der Waals surface area contributed by atoms with Crippen molar-refractivity contribution in [3.05, 3.63) is 119 Å². The van der Waals surface area contributed by atoms with Gasteiger partial charge in [0.1, 0.15) is 11.6 Å². The molecule has 6 aromatic rings. The molecule has 2 heterocycles. The average molecular weight is 973 g/mol. The van der Waals surface area contributed by atoms with Gasteiger partial charge in [-0.3, -0.25) is 19.7 Å². The molecule has 368 valence electrons. The molecule has 0 spiro atoms. The first kappa shape index (κ1) is 51.3. The summed E-state index contributed by atoms with van der Waals surface area (Å²) in [5, 5.41) is 11.0. The third-order valence-electron chi connectivity index (χ3n) is 11.8. The van der Waals surface area contributed by atoms with Gasteiger partial charge in [-0.15, -0.1) is 0 Å². The SMILES string of the molecule is CCOC(=O)C1CCC(n2c(N)nc3cc(F)ccc32)CC1.CCOC(=O)C1CCC(n2c(NC(=O)c3cccc(C(F)(F)F)c3)nc3cc(F)ccc32)CC1.O=C(O)c1cccc(C(F)(F)F)c1. The second kappa shape index (κ2) is 21.9. The smallest absolute Gasteiger partial charge is 0.416 e. The van der Waals surface area contributed by atoms with E-state index in [0.29, 0.717) is 67.5 Å². The topological polar surface area (TPSA) is 181 Å². The molecule has 2 aromatic heterocycles. The number of nitrogens with zero attached hydrogens (tertiary/aromatic N) is 4. The van der Waals surface area contributed by atoms with Crippen LogP contribution in [0.3, 0.4) is 0 Å². The molecule has 2 saturated carbocycles. The average Bonchev–Trinajstić information content (AvgIpc) is 3.84. The van der Waals surface area contributed by atoms with Gasteiger partial charge in [0.2, 0.25) is 11.9 Å². The summed E-state index contributed by atoms with van der Waals surface area (Å²) in [5.41, 5.74) is 5.90. The van der Waals surface area contributed by atoms with Crippen LogP contribution in [0.25, 0.3) is 22.1 Å². The monoisotopic (exact) mass is 972 g/mol. The minimum Gasteiger partial charge on any atom is -0.478 e. The van der Waals surface area contributed by atoms with E-state index in [1.807, 2.05) is 11.5 Å². The van der Waals surface area contributed by atoms with Crippen molar-refractivity contribution in [1.29, 1.82) is 0 Å². The van der Waals surface area contributed by atoms with Crippen LogP contribution in [0, 0.1) is 23.5 Å². The van der Waals surface area contributed by atoms with Crippen LogP contribution in [0.4, 0.5) is 47.0 Å². The molecule has 1 amide bonds. The molecular formula is C48H48F8N6O7. The van der Waals surface area contributed by atoms with Gasteiger partial charge in [0.15, 0.2) is 0 Å². The van der Waals surface area contributed by atoms with E-state index in [0.717, 1.165) is 67.6 Å². The summed E-state index contributed by atoms with van der Waals surface area (Å²) in [6.07, 6.45) is -3.49. The van der Waals surface area contributed by atoms with Crippen molar-refractivity contribution in [2.75, 3.05) is 24.3 Å². The number of carbonyl (C=O) groups excluding carboxylic acids is 3. The predicted octanol–water partition coefficient (Wildman–Crippen LogP) is 11.2. The molecule has 4 aromatic carbocycles. The lowest BCUT2D eigenvalue weighted by Gasteiger charge is -2.29. The van der Waals surface area contributed by atoms with Crippen molar-refractivity contribution >= 4 is 57.8 Å². The number of rotatable bonds is 9. The number of aromatic nitrogens is 4. The maximum Gasteiger partial charge on any atom is 0.416 e. The number of hydrogen-bond donors (Lipinski definition) is 3. The Balaban J connectivity index is 0.000000190. The highest BCUT2D eigenvalue weighted by molar-refractivity contribution is 6.04. The second-order valence-corrected chi connectivity index (χ2v) is 16.3. The Morgan fingerprint density at radius 1 is 0.638 bits per heavy atom. The van der Waals surface area contributed by atoms with Crippen LogP contribution in [0.2, 0.25) is 0 Å². The number of nitrogens with two attached hydrogens (primary N) is 1. The zero-order valence-corrected chi connectivity index (χ0v) is 37.2. The fourth-order valence-corrected chi connectivity index (χ4v) is 8.50. The number of alkyl halides is 6. The number of imidazole rings is 2. The summed E-state index contributed by atoms with van der Waals surface area (Å²) in [7, 11) is 0. The summed E-state index contributed by atoms with van der Waals surface area (Å²) in [6.45, 7) is 4.30. The van der Waals surface area contributed by atoms with E-state index in [2.05, 4.69) is 15.3 Å². The molecule has 4 N–H and O–H groups in total. The second-order valence-electron chi connectivity index (χ2n) is 16.3. The van der Waals surface area contributed by atoms with Gasteiger partial charge in [0.05, 0.1) is 63.8 Å². The van der Waals surface area contributed by atoms with Gasteiger partial charge in [0.25, 0.3) is 5.91 Å². The fraction of sp³-hybridized carbons (Fsp3) is 0.375. The zero-order chi connectivity index (χ0) is 50.2. The van der Waals surface area contributed by atoms with E-state index in [4.69, 9.17) is 20.3 Å². The van der Waals surface area contributed by atoms with Crippen LogP contribution in [-0.4, -0.2) is 61.2 Å². The molecule has 0 unspecified atom stereocenters. The van der Waals surface area contributed by atoms with Gasteiger partial charge < -0.3 is 29.4 Å². The summed E-state index contributed by atoms with van der Waals surface area (Å²) in [5.74, 6) is -3.02. The largest absolute Gasteiger partial charge is 0.478 e. The minimum atomic E-state index is -4.58. The molecule has 13 nitrogen and oxygen atoms in total. The highest BCUT2D eigenvalue weighted by atomic mass is 19.4. The molecule has 0 radical (unpaired) electrons. The van der Waals surface area contributed by atoms with E-state index >= 15 is 0 Å². The summed E-state index contributed by atoms with van der Waals surface area (Å²) in [6, 6.07) is 16.3. The number of hydrogen-bond acceptors (Lipinski definition) is 9. The Morgan fingerprint density at radius 3 is 1.54 bits per heavy atom. The van der Waals surface area contributed by atoms with Crippen LogP contribution >= 0.6 is 0 Å². The number of nitrogen functional groups attached to an aromatic ring is 1. The predicted molar refractivity (Wildman–Crippen MR) is 237 cm³/mol. The third kappa shape index (κ3) is 12.7. The van der Waals surface area contributed by atoms with Crippen LogP contribution in [0.1, 0.15) is 109 Å². The number of ether oxygens (including phenoxy) is 2. The normalized spacial score (nSPS) is 18.3. The number of carboxylic acids is 1. The molecular weight excluding hydrogens is 925 g/mol. The highest BCUT2D eigenvalue weighted by Crippen LogP contribution is 2.39. The van der Waals surface area contributed by atoms with E-state index in [1.54, 1.807) is 23.6 Å². The lowest BCUT2D eigenvalue weighted by molar-refractivity contribution is -0.150. The number of carboxylic acid groups (broad SMARTS) is 1. The number of halogens is 8. The van der Waals surface area contributed by atoms with Crippen molar-refractivity contribution in [2.45, 2.75) is 89.7 Å². The van der Waals surface area contributed by atoms with Crippen molar-refractivity contribution in [1.82, 2.24) is 19.1 Å². The number of carbonyl (C=O) groups is 4. The first-order valence-electron chi connectivity index (χ1n) is 22.0. The Kier molecular flexibility index (Phi) is 16.3. The van der Waals surface area contributed by atoms with Gasteiger partial charge in [-0.2, -0.15) is 26.3 Å². The molecule has 2 aliphatic carbocycles. The quantitative estimate of drug-likeness (QED) is 0.0932. The number of amides is 1. The summed E-state index contributed by atoms with van der Waals surface area (Å²) >= 11 is 0. The van der Waals surface area contributed by atoms with Gasteiger partial charge in [-0.1, -0.05) is 12.1 Å². The molecule has 21 heteroatoms. The molecule has 2 aliphatic rings. The van der Waals surface area contributed by atoms with Crippen LogP contribution in [-0.2, 0) is 31.4 Å². The summed E-state index contributed by atoms with van der Waals surface area (Å²) < 4.78 is 116. The van der Waals surface area contributed by atoms with Gasteiger partial charge in [0, 0.05) is 29.8 Å². The number of esters is 2. The van der Waals surface area contributed by atoms with Gasteiger partial charge in [-0.25, -0.2) is 23.5 Å². The Labute approximate surface area is 389 Å². The van der Waals surface area contributed by atoms with Crippen molar-refractivity contribution < 1.29 is 68.9 Å². The Morgan fingerprint density at radius 2 is 1.07 bits per heavy atom. The maximum atomic E-state index is 13.8. The molecule has 0 saturated heterocycles. The van der Waals surface area contributed by atoms with E-state index < -0.39 is 41.2 Å². The third-order valence-corrected chi connectivity index (χ3v) is 11.8. The zero-order valence-electron chi connectivity index (χ0n) is 37.2. The fourth-order valence-electron chi connectivity index (χ4n) is 8.50. The molecule has 0 aliphatic heterocycles. The van der Waals surface area contributed by atoms with E-state index in [-0.39, 0.29) is 58.8 Å². The standard InChI is InChI=1S/C24H23F4N3O3.C16H20FN3O2.C8H5F3O2/c1-2-34-22(33)14-6-9-18(10-7-14)31-20-11-8-17(25)13-19(20)29-23(31)30-21(32)15-4-3-5-16(12-15)24(26,27)28;1-2-22-15(21)10-3-6-12(7-4-10)20-14-8-5-11(17)9-13(14)19-16(20)18;9-8(10,11)6-3-1-2-5(4-6)7(12)13/h3-5,8,11-14,18H,2,6-7,9-10H2,1H3,(H,29,30,32);5,8-10,12H,2-4,6-7H2,1H3,(H2,18,19);1-4H,(H,12,13). The van der Waals surface area contributed by atoms with E-state index in [1.165, 1.54) is 30.3 Å².